The summed E-state index contributed by atoms with van der Waals surface area (Å²) in [6, 6.07) is 2.59. The van der Waals surface area contributed by atoms with E-state index < -0.39 is 0 Å². The molecule has 1 aromatic heterocycles. The van der Waals surface area contributed by atoms with Crippen LogP contribution in [-0.2, 0) is 0 Å². The van der Waals surface area contributed by atoms with Gasteiger partial charge >= 0.3 is 0 Å². The Morgan fingerprint density at radius 1 is 1.44 bits per heavy atom. The van der Waals surface area contributed by atoms with Crippen LogP contribution in [0, 0.1) is 17.2 Å². The average molecular weight is 266 g/mol. The summed E-state index contributed by atoms with van der Waals surface area (Å²) in [4.78, 5) is 7.91. The standard InChI is InChI=1S/C12H16ClN5/c13-12-16-7-10(15)11(18-12)17-9-3-1-8(2-4-9)5-6-14/h7-9H,1-5,15H2,(H,16,17,18). The minimum Gasteiger partial charge on any atom is -0.394 e. The van der Waals surface area contributed by atoms with Crippen LogP contribution in [0.1, 0.15) is 32.1 Å². The van der Waals surface area contributed by atoms with E-state index in [-0.39, 0.29) is 5.28 Å². The fraction of sp³-hybridized carbons (Fsp3) is 0.583. The monoisotopic (exact) mass is 265 g/mol. The number of nitrogen functional groups attached to an aromatic ring is 1. The number of nitriles is 1. The van der Waals surface area contributed by atoms with Crippen molar-refractivity contribution in [1.29, 1.82) is 5.26 Å². The van der Waals surface area contributed by atoms with Gasteiger partial charge in [-0.25, -0.2) is 4.98 Å². The summed E-state index contributed by atoms with van der Waals surface area (Å²) in [7, 11) is 0. The third-order valence-electron chi connectivity index (χ3n) is 3.36. The second-order valence-electron chi connectivity index (χ2n) is 4.67. The summed E-state index contributed by atoms with van der Waals surface area (Å²) in [5, 5.41) is 12.2. The van der Waals surface area contributed by atoms with Crippen LogP contribution in [0.5, 0.6) is 0 Å². The van der Waals surface area contributed by atoms with E-state index in [9.17, 15) is 0 Å². The summed E-state index contributed by atoms with van der Waals surface area (Å²) in [6.45, 7) is 0. The molecule has 96 valence electrons. The number of anilines is 2. The van der Waals surface area contributed by atoms with Crippen molar-refractivity contribution in [2.24, 2.45) is 5.92 Å². The second kappa shape index (κ2) is 5.87. The molecule has 18 heavy (non-hydrogen) atoms. The van der Waals surface area contributed by atoms with Gasteiger partial charge in [0.1, 0.15) is 0 Å². The molecule has 2 rings (SSSR count). The molecule has 0 saturated heterocycles. The molecule has 0 spiro atoms. The number of nitrogens with zero attached hydrogens (tertiary/aromatic N) is 3. The van der Waals surface area contributed by atoms with Crippen molar-refractivity contribution >= 4 is 23.1 Å². The van der Waals surface area contributed by atoms with Crippen molar-refractivity contribution in [1.82, 2.24) is 9.97 Å². The van der Waals surface area contributed by atoms with Gasteiger partial charge in [-0.05, 0) is 43.2 Å². The molecule has 0 unspecified atom stereocenters. The summed E-state index contributed by atoms with van der Waals surface area (Å²) in [6.07, 6.45) is 6.39. The summed E-state index contributed by atoms with van der Waals surface area (Å²) < 4.78 is 0. The molecule has 0 amide bonds. The Morgan fingerprint density at radius 3 is 2.83 bits per heavy atom. The first-order chi connectivity index (χ1) is 8.69. The van der Waals surface area contributed by atoms with Gasteiger partial charge < -0.3 is 11.1 Å². The van der Waals surface area contributed by atoms with Crippen LogP contribution in [-0.4, -0.2) is 16.0 Å². The van der Waals surface area contributed by atoms with Gasteiger partial charge in [-0.2, -0.15) is 10.2 Å². The van der Waals surface area contributed by atoms with Crippen LogP contribution >= 0.6 is 11.6 Å². The lowest BCUT2D eigenvalue weighted by Gasteiger charge is -2.28. The number of hydrogen-bond acceptors (Lipinski definition) is 5. The summed E-state index contributed by atoms with van der Waals surface area (Å²) >= 11 is 5.75. The topological polar surface area (TPSA) is 87.6 Å². The van der Waals surface area contributed by atoms with Crippen molar-refractivity contribution in [3.8, 4) is 6.07 Å². The SMILES string of the molecule is N#CCC1CCC(Nc2nc(Cl)ncc2N)CC1. The smallest absolute Gasteiger partial charge is 0.224 e. The number of hydrogen-bond donors (Lipinski definition) is 2. The number of halogens is 1. The van der Waals surface area contributed by atoms with Gasteiger partial charge in [0, 0.05) is 12.5 Å². The first-order valence-corrected chi connectivity index (χ1v) is 6.48. The maximum absolute atomic E-state index is 8.67. The van der Waals surface area contributed by atoms with Crippen LogP contribution in [0.25, 0.3) is 0 Å². The molecule has 1 saturated carbocycles. The zero-order chi connectivity index (χ0) is 13.0. The van der Waals surface area contributed by atoms with Crippen LogP contribution in [0.15, 0.2) is 6.20 Å². The van der Waals surface area contributed by atoms with Gasteiger partial charge in [0.25, 0.3) is 0 Å². The highest BCUT2D eigenvalue weighted by atomic mass is 35.5. The van der Waals surface area contributed by atoms with E-state index in [0.717, 1.165) is 25.7 Å². The normalized spacial score (nSPS) is 23.3. The zero-order valence-corrected chi connectivity index (χ0v) is 10.8. The molecule has 1 heterocycles. The van der Waals surface area contributed by atoms with Gasteiger partial charge in [-0.15, -0.1) is 0 Å². The number of rotatable bonds is 3. The van der Waals surface area contributed by atoms with E-state index in [1.165, 1.54) is 6.20 Å². The Balaban J connectivity index is 1.92. The Bertz CT molecular complexity index is 448. The number of aromatic nitrogens is 2. The lowest BCUT2D eigenvalue weighted by molar-refractivity contribution is 0.342. The Morgan fingerprint density at radius 2 is 2.17 bits per heavy atom. The van der Waals surface area contributed by atoms with E-state index >= 15 is 0 Å². The maximum atomic E-state index is 8.67. The van der Waals surface area contributed by atoms with Crippen molar-refractivity contribution in [2.45, 2.75) is 38.1 Å². The quantitative estimate of drug-likeness (QED) is 0.820. The minimum atomic E-state index is 0.199. The minimum absolute atomic E-state index is 0.199. The molecule has 6 heteroatoms. The molecule has 1 fully saturated rings. The second-order valence-corrected chi connectivity index (χ2v) is 5.01. The Labute approximate surface area is 111 Å². The van der Waals surface area contributed by atoms with E-state index in [0.29, 0.717) is 29.9 Å². The molecule has 0 bridgehead atoms. The lowest BCUT2D eigenvalue weighted by atomic mass is 9.84. The summed E-state index contributed by atoms with van der Waals surface area (Å²) in [5.41, 5.74) is 6.30. The zero-order valence-electron chi connectivity index (χ0n) is 10.1. The van der Waals surface area contributed by atoms with Gasteiger partial charge in [-0.1, -0.05) is 0 Å². The van der Waals surface area contributed by atoms with Crippen LogP contribution < -0.4 is 11.1 Å². The van der Waals surface area contributed by atoms with Gasteiger partial charge in [0.2, 0.25) is 5.28 Å². The van der Waals surface area contributed by atoms with Crippen molar-refractivity contribution < 1.29 is 0 Å². The molecular weight excluding hydrogens is 250 g/mol. The molecule has 0 aliphatic heterocycles. The molecule has 1 aliphatic carbocycles. The molecule has 0 radical (unpaired) electrons. The largest absolute Gasteiger partial charge is 0.394 e. The van der Waals surface area contributed by atoms with Crippen molar-refractivity contribution in [2.75, 3.05) is 11.1 Å². The van der Waals surface area contributed by atoms with Crippen LogP contribution in [0.2, 0.25) is 5.28 Å². The predicted octanol–water partition coefficient (Wildman–Crippen LogP) is 2.60. The molecular formula is C12H16ClN5. The Kier molecular flexibility index (Phi) is 4.21. The summed E-state index contributed by atoms with van der Waals surface area (Å²) in [5.74, 6) is 1.15. The van der Waals surface area contributed by atoms with E-state index in [2.05, 4.69) is 21.4 Å². The molecule has 1 aromatic rings. The molecule has 5 nitrogen and oxygen atoms in total. The molecule has 0 aromatic carbocycles. The van der Waals surface area contributed by atoms with Crippen molar-refractivity contribution in [3.05, 3.63) is 11.5 Å². The van der Waals surface area contributed by atoms with E-state index in [1.54, 1.807) is 0 Å². The van der Waals surface area contributed by atoms with Crippen LogP contribution in [0.3, 0.4) is 0 Å². The fourth-order valence-electron chi connectivity index (χ4n) is 2.32. The maximum Gasteiger partial charge on any atom is 0.224 e. The first kappa shape index (κ1) is 12.9. The highest BCUT2D eigenvalue weighted by Crippen LogP contribution is 2.29. The first-order valence-electron chi connectivity index (χ1n) is 6.10. The number of nitrogens with two attached hydrogens (primary N) is 1. The highest BCUT2D eigenvalue weighted by molar-refractivity contribution is 6.28. The van der Waals surface area contributed by atoms with E-state index in [1.807, 2.05) is 0 Å². The van der Waals surface area contributed by atoms with Crippen LogP contribution in [0.4, 0.5) is 11.5 Å². The lowest BCUT2D eigenvalue weighted by Crippen LogP contribution is -2.27. The number of nitrogens with one attached hydrogen (secondary N) is 1. The fourth-order valence-corrected chi connectivity index (χ4v) is 2.45. The van der Waals surface area contributed by atoms with Gasteiger partial charge in [0.05, 0.1) is 18.0 Å². The molecule has 3 N–H and O–H groups in total. The van der Waals surface area contributed by atoms with E-state index in [4.69, 9.17) is 22.6 Å². The molecule has 1 aliphatic rings. The average Bonchev–Trinajstić information content (AvgIpc) is 2.37. The van der Waals surface area contributed by atoms with Gasteiger partial charge in [-0.3, -0.25) is 0 Å². The van der Waals surface area contributed by atoms with Crippen molar-refractivity contribution in [3.63, 3.8) is 0 Å². The van der Waals surface area contributed by atoms with Gasteiger partial charge in [0.15, 0.2) is 5.82 Å². The third kappa shape index (κ3) is 3.23. The highest BCUT2D eigenvalue weighted by Gasteiger charge is 2.21. The third-order valence-corrected chi connectivity index (χ3v) is 3.54. The Hall–Kier alpha value is -1.54. The molecule has 0 atom stereocenters. The predicted molar refractivity (Wildman–Crippen MR) is 71.1 cm³/mol.